The number of aromatic nitrogens is 3. The second-order valence-corrected chi connectivity index (χ2v) is 7.77. The number of methoxy groups -OCH3 is 1. The Labute approximate surface area is 162 Å². The molecular formula is C19H25N5O2S. The molecule has 27 heavy (non-hydrogen) atoms. The molecule has 1 N–H and O–H groups in total. The first-order valence-electron chi connectivity index (χ1n) is 9.26. The number of ether oxygens (including phenoxy) is 1. The zero-order valence-electron chi connectivity index (χ0n) is 15.9. The van der Waals surface area contributed by atoms with Crippen LogP contribution in [-0.4, -0.2) is 69.3 Å². The van der Waals surface area contributed by atoms with Crippen LogP contribution in [0.2, 0.25) is 0 Å². The van der Waals surface area contributed by atoms with Crippen molar-refractivity contribution in [3.05, 3.63) is 40.5 Å². The van der Waals surface area contributed by atoms with Gasteiger partial charge in [0.05, 0.1) is 18.0 Å². The Bertz CT molecular complexity index is 929. The molecule has 4 rings (SSSR count). The van der Waals surface area contributed by atoms with E-state index in [1.165, 1.54) is 11.3 Å². The number of aryl methyl sites for hydroxylation is 1. The van der Waals surface area contributed by atoms with E-state index in [9.17, 15) is 5.11 Å². The van der Waals surface area contributed by atoms with Gasteiger partial charge in [0.15, 0.2) is 0 Å². The van der Waals surface area contributed by atoms with Crippen molar-refractivity contribution >= 4 is 16.3 Å². The molecule has 1 saturated heterocycles. The Balaban J connectivity index is 1.80. The van der Waals surface area contributed by atoms with Crippen molar-refractivity contribution < 1.29 is 9.84 Å². The Kier molecular flexibility index (Phi) is 5.03. The van der Waals surface area contributed by atoms with E-state index >= 15 is 0 Å². The van der Waals surface area contributed by atoms with Gasteiger partial charge in [-0.1, -0.05) is 36.5 Å². The molecular weight excluding hydrogens is 362 g/mol. The summed E-state index contributed by atoms with van der Waals surface area (Å²) in [6.45, 7) is 8.99. The molecule has 0 spiro atoms. The minimum absolute atomic E-state index is 0.0889. The molecule has 2 aromatic heterocycles. The fraction of sp³-hybridized carbons (Fsp3) is 0.474. The molecule has 0 saturated carbocycles. The number of piperazine rings is 1. The Morgan fingerprint density at radius 3 is 2.63 bits per heavy atom. The van der Waals surface area contributed by atoms with Crippen molar-refractivity contribution in [2.75, 3.05) is 39.8 Å². The third-order valence-electron chi connectivity index (χ3n) is 5.21. The van der Waals surface area contributed by atoms with E-state index in [4.69, 9.17) is 4.74 Å². The molecule has 0 radical (unpaired) electrons. The predicted octanol–water partition coefficient (Wildman–Crippen LogP) is 2.54. The summed E-state index contributed by atoms with van der Waals surface area (Å²) in [6.07, 6.45) is 0. The minimum Gasteiger partial charge on any atom is -0.496 e. The standard InChI is InChI=1S/C19H25N5O2S/c1-4-22-9-11-23(12-10-22)16(14-7-5-6-8-15(14)26-3)17-18(25)24-19(27-17)20-13(2)21-24/h5-8,16,25H,4,9-12H2,1-3H3/t16-/m1/s1. The molecule has 0 bridgehead atoms. The fourth-order valence-corrected chi connectivity index (χ4v) is 4.91. The topological polar surface area (TPSA) is 66.1 Å². The van der Waals surface area contributed by atoms with E-state index in [0.717, 1.165) is 48.9 Å². The van der Waals surface area contributed by atoms with Crippen LogP contribution < -0.4 is 4.74 Å². The lowest BCUT2D eigenvalue weighted by Crippen LogP contribution is -2.47. The van der Waals surface area contributed by atoms with Gasteiger partial charge in [-0.2, -0.15) is 4.52 Å². The Morgan fingerprint density at radius 2 is 1.96 bits per heavy atom. The maximum Gasteiger partial charge on any atom is 0.230 e. The number of aromatic hydroxyl groups is 1. The second kappa shape index (κ2) is 7.46. The maximum absolute atomic E-state index is 10.9. The monoisotopic (exact) mass is 387 g/mol. The van der Waals surface area contributed by atoms with Crippen LogP contribution in [0.4, 0.5) is 0 Å². The van der Waals surface area contributed by atoms with Gasteiger partial charge in [-0.3, -0.25) is 4.90 Å². The molecule has 1 aliphatic rings. The van der Waals surface area contributed by atoms with E-state index in [0.29, 0.717) is 10.8 Å². The third-order valence-corrected chi connectivity index (χ3v) is 6.28. The highest BCUT2D eigenvalue weighted by atomic mass is 32.1. The van der Waals surface area contributed by atoms with Gasteiger partial charge in [-0.15, -0.1) is 5.10 Å². The van der Waals surface area contributed by atoms with Crippen molar-refractivity contribution in [2.24, 2.45) is 0 Å². The molecule has 7 nitrogen and oxygen atoms in total. The van der Waals surface area contributed by atoms with E-state index in [-0.39, 0.29) is 11.9 Å². The summed E-state index contributed by atoms with van der Waals surface area (Å²) in [7, 11) is 1.69. The first kappa shape index (κ1) is 18.2. The first-order valence-corrected chi connectivity index (χ1v) is 10.1. The van der Waals surface area contributed by atoms with Gasteiger partial charge in [0.25, 0.3) is 0 Å². The number of hydrogen-bond acceptors (Lipinski definition) is 7. The number of likely N-dealkylation sites (N-methyl/N-ethyl adjacent to an activating group) is 1. The van der Waals surface area contributed by atoms with E-state index in [1.54, 1.807) is 11.6 Å². The van der Waals surface area contributed by atoms with Crippen molar-refractivity contribution in [1.82, 2.24) is 24.4 Å². The molecule has 0 unspecified atom stereocenters. The highest BCUT2D eigenvalue weighted by Gasteiger charge is 2.33. The van der Waals surface area contributed by atoms with Crippen LogP contribution >= 0.6 is 11.3 Å². The first-order chi connectivity index (χ1) is 13.1. The van der Waals surface area contributed by atoms with Crippen LogP contribution in [-0.2, 0) is 0 Å². The third kappa shape index (κ3) is 3.28. The fourth-order valence-electron chi connectivity index (χ4n) is 3.76. The summed E-state index contributed by atoms with van der Waals surface area (Å²) >= 11 is 1.50. The van der Waals surface area contributed by atoms with E-state index in [2.05, 4.69) is 32.9 Å². The van der Waals surface area contributed by atoms with Crippen molar-refractivity contribution in [3.63, 3.8) is 0 Å². The summed E-state index contributed by atoms with van der Waals surface area (Å²) in [5.41, 5.74) is 1.06. The van der Waals surface area contributed by atoms with Crippen LogP contribution in [0.3, 0.4) is 0 Å². The Hall–Kier alpha value is -2.16. The quantitative estimate of drug-likeness (QED) is 0.726. The van der Waals surface area contributed by atoms with Crippen LogP contribution in [0.15, 0.2) is 24.3 Å². The number of rotatable bonds is 5. The van der Waals surface area contributed by atoms with Gasteiger partial charge in [0.2, 0.25) is 10.8 Å². The average Bonchev–Trinajstić information content (AvgIpc) is 3.20. The number of benzene rings is 1. The molecule has 8 heteroatoms. The lowest BCUT2D eigenvalue weighted by molar-refractivity contribution is 0.112. The van der Waals surface area contributed by atoms with Crippen LogP contribution in [0.1, 0.15) is 29.2 Å². The van der Waals surface area contributed by atoms with Gasteiger partial charge >= 0.3 is 0 Å². The van der Waals surface area contributed by atoms with Crippen LogP contribution in [0.5, 0.6) is 11.6 Å². The molecule has 3 aromatic rings. The summed E-state index contributed by atoms with van der Waals surface area (Å²) < 4.78 is 7.19. The highest BCUT2D eigenvalue weighted by molar-refractivity contribution is 7.17. The van der Waals surface area contributed by atoms with Gasteiger partial charge in [-0.05, 0) is 19.5 Å². The lowest BCUT2D eigenvalue weighted by Gasteiger charge is -2.39. The predicted molar refractivity (Wildman–Crippen MR) is 106 cm³/mol. The summed E-state index contributed by atoms with van der Waals surface area (Å²) in [6, 6.07) is 7.96. The van der Waals surface area contributed by atoms with E-state index in [1.807, 2.05) is 25.1 Å². The minimum atomic E-state index is -0.0889. The molecule has 0 aliphatic carbocycles. The van der Waals surface area contributed by atoms with Crippen LogP contribution in [0, 0.1) is 6.92 Å². The van der Waals surface area contributed by atoms with Crippen molar-refractivity contribution in [3.8, 4) is 11.6 Å². The van der Waals surface area contributed by atoms with Gasteiger partial charge in [-0.25, -0.2) is 4.98 Å². The average molecular weight is 388 g/mol. The van der Waals surface area contributed by atoms with Crippen molar-refractivity contribution in [1.29, 1.82) is 0 Å². The second-order valence-electron chi connectivity index (χ2n) is 6.76. The zero-order chi connectivity index (χ0) is 19.0. The number of nitrogens with zero attached hydrogens (tertiary/aromatic N) is 5. The lowest BCUT2D eigenvalue weighted by atomic mass is 10.0. The largest absolute Gasteiger partial charge is 0.496 e. The Morgan fingerprint density at radius 1 is 1.22 bits per heavy atom. The van der Waals surface area contributed by atoms with E-state index < -0.39 is 0 Å². The molecule has 144 valence electrons. The molecule has 3 heterocycles. The summed E-state index contributed by atoms with van der Waals surface area (Å²) in [5, 5.41) is 15.3. The molecule has 1 atom stereocenters. The van der Waals surface area contributed by atoms with Gasteiger partial charge in [0, 0.05) is 31.7 Å². The summed E-state index contributed by atoms with van der Waals surface area (Å²) in [5.74, 6) is 1.66. The molecule has 1 fully saturated rings. The van der Waals surface area contributed by atoms with Crippen LogP contribution in [0.25, 0.3) is 4.96 Å². The SMILES string of the molecule is CCN1CCN([C@H](c2ccccc2OC)c2sc3nc(C)nn3c2O)CC1. The number of thiazole rings is 1. The molecule has 1 aromatic carbocycles. The molecule has 1 aliphatic heterocycles. The normalized spacial score (nSPS) is 17.4. The number of hydrogen-bond donors (Lipinski definition) is 1. The number of fused-ring (bicyclic) bond motifs is 1. The molecule has 0 amide bonds. The van der Waals surface area contributed by atoms with Gasteiger partial charge < -0.3 is 14.7 Å². The number of para-hydroxylation sites is 1. The highest BCUT2D eigenvalue weighted by Crippen LogP contribution is 2.42. The van der Waals surface area contributed by atoms with Gasteiger partial charge in [0.1, 0.15) is 11.6 Å². The smallest absolute Gasteiger partial charge is 0.230 e. The summed E-state index contributed by atoms with van der Waals surface area (Å²) in [4.78, 5) is 10.9. The maximum atomic E-state index is 10.9. The zero-order valence-corrected chi connectivity index (χ0v) is 16.7. The van der Waals surface area contributed by atoms with Crippen molar-refractivity contribution in [2.45, 2.75) is 19.9 Å².